The molecule has 3 unspecified atom stereocenters. The topological polar surface area (TPSA) is 75.3 Å². The van der Waals surface area contributed by atoms with Gasteiger partial charge in [0.1, 0.15) is 0 Å². The second kappa shape index (κ2) is 7.22. The molecule has 6 heteroatoms. The molecule has 2 aliphatic rings. The fraction of sp³-hybridized carbons (Fsp3) is 0.400. The summed E-state index contributed by atoms with van der Waals surface area (Å²) in [6.07, 6.45) is 3.31. The van der Waals surface area contributed by atoms with E-state index in [1.54, 1.807) is 6.33 Å². The van der Waals surface area contributed by atoms with E-state index >= 15 is 0 Å². The number of benzene rings is 2. The monoisotopic (exact) mass is 417 g/mol. The smallest absolute Gasteiger partial charge is 0.338 e. The number of carbonyl (C=O) groups is 2. The van der Waals surface area contributed by atoms with E-state index in [0.717, 1.165) is 23.9 Å². The van der Waals surface area contributed by atoms with Gasteiger partial charge in [-0.15, -0.1) is 0 Å². The van der Waals surface area contributed by atoms with Gasteiger partial charge in [-0.05, 0) is 72.6 Å². The molecule has 1 fully saturated rings. The van der Waals surface area contributed by atoms with Crippen LogP contribution in [-0.2, 0) is 16.6 Å². The minimum Gasteiger partial charge on any atom is -0.462 e. The normalized spacial score (nSPS) is 24.7. The van der Waals surface area contributed by atoms with E-state index in [9.17, 15) is 9.59 Å². The number of piperidine rings is 1. The summed E-state index contributed by atoms with van der Waals surface area (Å²) < 4.78 is 5.21. The third-order valence-corrected chi connectivity index (χ3v) is 7.45. The van der Waals surface area contributed by atoms with Crippen molar-refractivity contribution in [2.45, 2.75) is 45.1 Å². The molecular weight excluding hydrogens is 390 g/mol. The zero-order chi connectivity index (χ0) is 21.8. The minimum atomic E-state index is -0.273. The van der Waals surface area contributed by atoms with Crippen molar-refractivity contribution in [2.24, 2.45) is 5.92 Å². The zero-order valence-electron chi connectivity index (χ0n) is 18.1. The van der Waals surface area contributed by atoms with E-state index in [4.69, 9.17) is 4.74 Å². The summed E-state index contributed by atoms with van der Waals surface area (Å²) in [5.74, 6) is 0.0820. The number of ether oxygens (including phenoxy) is 1. The van der Waals surface area contributed by atoms with Crippen molar-refractivity contribution in [3.05, 3.63) is 65.0 Å². The van der Waals surface area contributed by atoms with Gasteiger partial charge >= 0.3 is 5.97 Å². The van der Waals surface area contributed by atoms with Crippen LogP contribution in [0.25, 0.3) is 11.0 Å². The number of carbonyl (C=O) groups excluding carboxylic acids is 2. The minimum absolute atomic E-state index is 0.0713. The Morgan fingerprint density at radius 1 is 1.23 bits per heavy atom. The summed E-state index contributed by atoms with van der Waals surface area (Å²) in [7, 11) is 0. The Morgan fingerprint density at radius 2 is 2.03 bits per heavy atom. The summed E-state index contributed by atoms with van der Waals surface area (Å²) in [6, 6.07) is 11.7. The van der Waals surface area contributed by atoms with Crippen LogP contribution in [0.15, 0.2) is 42.7 Å². The van der Waals surface area contributed by atoms with Gasteiger partial charge in [0.05, 0.1) is 29.5 Å². The van der Waals surface area contributed by atoms with Gasteiger partial charge in [-0.2, -0.15) is 0 Å². The first-order chi connectivity index (χ1) is 14.9. The molecular formula is C25H27N3O3. The van der Waals surface area contributed by atoms with Crippen LogP contribution in [-0.4, -0.2) is 45.9 Å². The van der Waals surface area contributed by atoms with E-state index in [1.807, 2.05) is 48.2 Å². The number of likely N-dealkylation sites (tertiary alicyclic amines) is 1. The third kappa shape index (κ3) is 3.04. The lowest BCUT2D eigenvalue weighted by molar-refractivity contribution is 0.0250. The molecule has 3 atom stereocenters. The van der Waals surface area contributed by atoms with E-state index in [0.29, 0.717) is 24.3 Å². The molecule has 1 aliphatic carbocycles. The van der Waals surface area contributed by atoms with Gasteiger partial charge in [0.2, 0.25) is 0 Å². The van der Waals surface area contributed by atoms with Gasteiger partial charge < -0.3 is 14.6 Å². The predicted molar refractivity (Wildman–Crippen MR) is 118 cm³/mol. The molecule has 1 amide bonds. The summed E-state index contributed by atoms with van der Waals surface area (Å²) in [6.45, 7) is 7.40. The SMILES string of the molecule is CCOC(=O)c1ccc2c(c1)C1(C)CCN(C(=O)c3ccc4nc[nH]c4c3)C(C2)C1C. The summed E-state index contributed by atoms with van der Waals surface area (Å²) >= 11 is 0. The fourth-order valence-electron chi connectivity index (χ4n) is 5.45. The lowest BCUT2D eigenvalue weighted by atomic mass is 9.58. The third-order valence-electron chi connectivity index (χ3n) is 7.45. The summed E-state index contributed by atoms with van der Waals surface area (Å²) in [5, 5.41) is 0. The largest absolute Gasteiger partial charge is 0.462 e. The molecule has 5 rings (SSSR count). The molecule has 2 heterocycles. The van der Waals surface area contributed by atoms with Crippen molar-refractivity contribution in [1.82, 2.24) is 14.9 Å². The molecule has 1 aromatic heterocycles. The van der Waals surface area contributed by atoms with Gasteiger partial charge in [-0.1, -0.05) is 19.9 Å². The van der Waals surface area contributed by atoms with E-state index in [2.05, 4.69) is 23.8 Å². The average Bonchev–Trinajstić information content (AvgIpc) is 3.24. The highest BCUT2D eigenvalue weighted by Crippen LogP contribution is 2.49. The van der Waals surface area contributed by atoms with Crippen LogP contribution >= 0.6 is 0 Å². The maximum Gasteiger partial charge on any atom is 0.338 e. The maximum absolute atomic E-state index is 13.5. The van der Waals surface area contributed by atoms with Gasteiger partial charge in [0, 0.05) is 18.2 Å². The Hall–Kier alpha value is -3.15. The van der Waals surface area contributed by atoms with Crippen molar-refractivity contribution >= 4 is 22.9 Å². The zero-order valence-corrected chi connectivity index (χ0v) is 18.1. The van der Waals surface area contributed by atoms with E-state index in [-0.39, 0.29) is 29.3 Å². The lowest BCUT2D eigenvalue weighted by Gasteiger charge is -2.54. The number of hydrogen-bond donors (Lipinski definition) is 1. The highest BCUT2D eigenvalue weighted by molar-refractivity contribution is 5.97. The van der Waals surface area contributed by atoms with Crippen LogP contribution < -0.4 is 0 Å². The lowest BCUT2D eigenvalue weighted by Crippen LogP contribution is -2.59. The molecule has 31 heavy (non-hydrogen) atoms. The Morgan fingerprint density at radius 3 is 2.84 bits per heavy atom. The van der Waals surface area contributed by atoms with E-state index < -0.39 is 0 Å². The van der Waals surface area contributed by atoms with Crippen LogP contribution in [0.3, 0.4) is 0 Å². The molecule has 0 spiro atoms. The first kappa shape index (κ1) is 19.8. The van der Waals surface area contributed by atoms with Gasteiger partial charge in [0.15, 0.2) is 0 Å². The number of imidazole rings is 1. The Kier molecular flexibility index (Phi) is 4.61. The van der Waals surface area contributed by atoms with Crippen molar-refractivity contribution in [3.8, 4) is 0 Å². The van der Waals surface area contributed by atoms with Crippen LogP contribution in [0.4, 0.5) is 0 Å². The quantitative estimate of drug-likeness (QED) is 0.651. The molecule has 160 valence electrons. The van der Waals surface area contributed by atoms with Crippen molar-refractivity contribution in [2.75, 3.05) is 13.2 Å². The first-order valence-corrected chi connectivity index (χ1v) is 11.0. The number of hydrogen-bond acceptors (Lipinski definition) is 4. The fourth-order valence-corrected chi connectivity index (χ4v) is 5.45. The molecule has 3 aromatic rings. The Balaban J connectivity index is 1.48. The number of nitrogens with one attached hydrogen (secondary N) is 1. The standard InChI is InChI=1S/C25H27N3O3/c1-4-31-24(30)18-6-5-16-13-22-15(2)25(3,19(16)11-18)9-10-28(22)23(29)17-7-8-20-21(12-17)27-14-26-20/h5-8,11-12,14-15,22H,4,9-10,13H2,1-3H3,(H,26,27). The maximum atomic E-state index is 13.5. The second-order valence-electron chi connectivity index (χ2n) is 8.95. The summed E-state index contributed by atoms with van der Waals surface area (Å²) in [4.78, 5) is 35.1. The Labute approximate surface area is 181 Å². The Bertz CT molecular complexity index is 1180. The molecule has 2 aromatic carbocycles. The number of esters is 1. The van der Waals surface area contributed by atoms with Crippen LogP contribution in [0.2, 0.25) is 0 Å². The summed E-state index contributed by atoms with van der Waals surface area (Å²) in [5.41, 5.74) is 5.41. The van der Waals surface area contributed by atoms with Crippen molar-refractivity contribution in [3.63, 3.8) is 0 Å². The molecule has 1 N–H and O–H groups in total. The number of H-pyrrole nitrogens is 1. The van der Waals surface area contributed by atoms with Gasteiger partial charge in [-0.3, -0.25) is 4.79 Å². The second-order valence-corrected chi connectivity index (χ2v) is 8.95. The molecule has 0 radical (unpaired) electrons. The predicted octanol–water partition coefficient (Wildman–Crippen LogP) is 4.10. The highest BCUT2D eigenvalue weighted by Gasteiger charge is 2.49. The van der Waals surface area contributed by atoms with Crippen molar-refractivity contribution in [1.29, 1.82) is 0 Å². The van der Waals surface area contributed by atoms with Crippen LogP contribution in [0, 0.1) is 5.92 Å². The molecule has 1 aliphatic heterocycles. The number of amides is 1. The van der Waals surface area contributed by atoms with Gasteiger partial charge in [-0.25, -0.2) is 9.78 Å². The molecule has 0 saturated carbocycles. The van der Waals surface area contributed by atoms with Crippen LogP contribution in [0.1, 0.15) is 59.0 Å². The van der Waals surface area contributed by atoms with Crippen LogP contribution in [0.5, 0.6) is 0 Å². The average molecular weight is 418 g/mol. The van der Waals surface area contributed by atoms with E-state index in [1.165, 1.54) is 11.1 Å². The number of nitrogens with zero attached hydrogens (tertiary/aromatic N) is 2. The van der Waals surface area contributed by atoms with Gasteiger partial charge in [0.25, 0.3) is 5.91 Å². The highest BCUT2D eigenvalue weighted by atomic mass is 16.5. The molecule has 2 bridgehead atoms. The van der Waals surface area contributed by atoms with Crippen molar-refractivity contribution < 1.29 is 14.3 Å². The molecule has 1 saturated heterocycles. The molecule has 6 nitrogen and oxygen atoms in total. The number of fused-ring (bicyclic) bond motifs is 5. The number of aromatic nitrogens is 2. The number of aromatic amines is 1. The first-order valence-electron chi connectivity index (χ1n) is 11.0. The number of rotatable bonds is 3.